The van der Waals surface area contributed by atoms with Crippen LogP contribution in [0.4, 0.5) is 0 Å². The van der Waals surface area contributed by atoms with Crippen LogP contribution in [0.3, 0.4) is 0 Å². The van der Waals surface area contributed by atoms with Gasteiger partial charge in [0.15, 0.2) is 0 Å². The number of carbonyl (C=O) groups is 1. The average Bonchev–Trinajstić information content (AvgIpc) is 2.40. The van der Waals surface area contributed by atoms with Gasteiger partial charge in [-0.3, -0.25) is 4.79 Å². The van der Waals surface area contributed by atoms with Gasteiger partial charge in [-0.2, -0.15) is 0 Å². The van der Waals surface area contributed by atoms with Crippen molar-refractivity contribution in [2.24, 2.45) is 0 Å². The molecule has 0 aromatic carbocycles. The van der Waals surface area contributed by atoms with Crippen molar-refractivity contribution in [1.82, 2.24) is 15.5 Å². The molecule has 0 aromatic heterocycles. The largest absolute Gasteiger partial charge is 0.351 e. The predicted octanol–water partition coefficient (Wildman–Crippen LogP) is 2.35. The van der Waals surface area contributed by atoms with Crippen LogP contribution in [0.25, 0.3) is 0 Å². The fraction of sp³-hybridized carbons (Fsp3) is 0.933. The number of hydrogen-bond acceptors (Lipinski definition) is 3. The van der Waals surface area contributed by atoms with Gasteiger partial charge in [-0.1, -0.05) is 6.42 Å². The Balaban J connectivity index is 0.00000200. The van der Waals surface area contributed by atoms with Crippen molar-refractivity contribution in [3.63, 3.8) is 0 Å². The van der Waals surface area contributed by atoms with Gasteiger partial charge in [0.05, 0.1) is 5.54 Å². The second-order valence-corrected chi connectivity index (χ2v) is 6.45. The van der Waals surface area contributed by atoms with Crippen LogP contribution in [0.1, 0.15) is 52.4 Å². The van der Waals surface area contributed by atoms with E-state index in [4.69, 9.17) is 0 Å². The van der Waals surface area contributed by atoms with Crippen LogP contribution < -0.4 is 10.6 Å². The second kappa shape index (κ2) is 9.88. The maximum atomic E-state index is 12.4. The molecule has 2 aliphatic heterocycles. The predicted molar refractivity (Wildman–Crippen MR) is 92.7 cm³/mol. The smallest absolute Gasteiger partial charge is 0.240 e. The Morgan fingerprint density at radius 1 is 1.19 bits per heavy atom. The standard InChI is InChI=1S/C15H29N3O.2ClH/c1-13(12-18-10-6-3-7-11-18)17-14(19)15(2)8-4-5-9-16-15;;/h13,16H,3-12H2,1-2H3,(H,17,19);2*1H. The minimum atomic E-state index is -0.353. The minimum absolute atomic E-state index is 0. The van der Waals surface area contributed by atoms with Crippen LogP contribution in [-0.2, 0) is 4.79 Å². The lowest BCUT2D eigenvalue weighted by Gasteiger charge is -2.35. The van der Waals surface area contributed by atoms with Gasteiger partial charge < -0.3 is 15.5 Å². The number of nitrogens with one attached hydrogen (secondary N) is 2. The summed E-state index contributed by atoms with van der Waals surface area (Å²) in [7, 11) is 0. The van der Waals surface area contributed by atoms with E-state index in [0.717, 1.165) is 25.9 Å². The highest BCUT2D eigenvalue weighted by molar-refractivity contribution is 5.86. The lowest BCUT2D eigenvalue weighted by atomic mass is 9.90. The Morgan fingerprint density at radius 3 is 2.43 bits per heavy atom. The van der Waals surface area contributed by atoms with E-state index in [2.05, 4.69) is 22.5 Å². The van der Waals surface area contributed by atoms with Crippen LogP contribution >= 0.6 is 24.8 Å². The summed E-state index contributed by atoms with van der Waals surface area (Å²) in [5, 5.41) is 6.57. The Kier molecular flexibility index (Phi) is 9.87. The Morgan fingerprint density at radius 2 is 1.86 bits per heavy atom. The molecule has 2 atom stereocenters. The van der Waals surface area contributed by atoms with Crippen molar-refractivity contribution in [2.75, 3.05) is 26.2 Å². The van der Waals surface area contributed by atoms with Gasteiger partial charge in [-0.25, -0.2) is 0 Å². The van der Waals surface area contributed by atoms with Crippen molar-refractivity contribution in [3.8, 4) is 0 Å². The van der Waals surface area contributed by atoms with E-state index < -0.39 is 0 Å². The summed E-state index contributed by atoms with van der Waals surface area (Å²) in [5.74, 6) is 0.178. The van der Waals surface area contributed by atoms with Crippen LogP contribution in [0.15, 0.2) is 0 Å². The number of hydrogen-bond donors (Lipinski definition) is 2. The number of piperidine rings is 2. The molecule has 2 rings (SSSR count). The summed E-state index contributed by atoms with van der Waals surface area (Å²) in [6.45, 7) is 8.49. The highest BCUT2D eigenvalue weighted by Crippen LogP contribution is 2.19. The zero-order valence-corrected chi connectivity index (χ0v) is 15.0. The van der Waals surface area contributed by atoms with Crippen LogP contribution in [0.2, 0.25) is 0 Å². The molecule has 0 bridgehead atoms. The van der Waals surface area contributed by atoms with E-state index in [9.17, 15) is 4.79 Å². The number of amides is 1. The topological polar surface area (TPSA) is 44.4 Å². The highest BCUT2D eigenvalue weighted by atomic mass is 35.5. The first-order valence-corrected chi connectivity index (χ1v) is 7.88. The van der Waals surface area contributed by atoms with Gasteiger partial charge in [0.2, 0.25) is 5.91 Å². The molecule has 2 unspecified atom stereocenters. The monoisotopic (exact) mass is 339 g/mol. The number of rotatable bonds is 4. The highest BCUT2D eigenvalue weighted by Gasteiger charge is 2.34. The molecule has 2 heterocycles. The van der Waals surface area contributed by atoms with Crippen molar-refractivity contribution < 1.29 is 4.79 Å². The molecule has 0 spiro atoms. The van der Waals surface area contributed by atoms with E-state index in [1.165, 1.54) is 38.8 Å². The number of likely N-dealkylation sites (tertiary alicyclic amines) is 1. The van der Waals surface area contributed by atoms with Gasteiger partial charge in [-0.05, 0) is 65.6 Å². The molecule has 4 nitrogen and oxygen atoms in total. The van der Waals surface area contributed by atoms with Crippen LogP contribution in [0, 0.1) is 0 Å². The molecule has 6 heteroatoms. The first-order chi connectivity index (χ1) is 9.10. The third-order valence-corrected chi connectivity index (χ3v) is 4.48. The average molecular weight is 340 g/mol. The summed E-state index contributed by atoms with van der Waals surface area (Å²) in [6, 6.07) is 0.242. The lowest BCUT2D eigenvalue weighted by molar-refractivity contribution is -0.128. The molecule has 0 saturated carbocycles. The maximum Gasteiger partial charge on any atom is 0.240 e. The van der Waals surface area contributed by atoms with Gasteiger partial charge in [0.1, 0.15) is 0 Å². The van der Waals surface area contributed by atoms with E-state index in [-0.39, 0.29) is 42.3 Å². The molecule has 0 aromatic rings. The second-order valence-electron chi connectivity index (χ2n) is 6.45. The summed E-state index contributed by atoms with van der Waals surface area (Å²) >= 11 is 0. The zero-order chi connectivity index (χ0) is 13.7. The van der Waals surface area contributed by atoms with E-state index >= 15 is 0 Å². The minimum Gasteiger partial charge on any atom is -0.351 e. The molecule has 0 radical (unpaired) electrons. The molecule has 2 saturated heterocycles. The maximum absolute atomic E-state index is 12.4. The molecule has 126 valence electrons. The SMILES string of the molecule is CC(CN1CCCCC1)NC(=O)C1(C)CCCCN1.Cl.Cl. The van der Waals surface area contributed by atoms with Crippen molar-refractivity contribution in [3.05, 3.63) is 0 Å². The fourth-order valence-corrected chi connectivity index (χ4v) is 3.21. The summed E-state index contributed by atoms with van der Waals surface area (Å²) in [4.78, 5) is 14.9. The number of halogens is 2. The molecule has 21 heavy (non-hydrogen) atoms. The molecule has 1 amide bonds. The molecule has 2 aliphatic rings. The molecular weight excluding hydrogens is 309 g/mol. The molecule has 0 aliphatic carbocycles. The molecule has 2 N–H and O–H groups in total. The first kappa shape index (κ1) is 21.0. The Bertz CT molecular complexity index is 303. The normalized spacial score (nSPS) is 27.9. The van der Waals surface area contributed by atoms with Crippen molar-refractivity contribution in [1.29, 1.82) is 0 Å². The zero-order valence-electron chi connectivity index (χ0n) is 13.3. The number of nitrogens with zero attached hydrogens (tertiary/aromatic N) is 1. The van der Waals surface area contributed by atoms with Gasteiger partial charge in [-0.15, -0.1) is 24.8 Å². The summed E-state index contributed by atoms with van der Waals surface area (Å²) in [5.41, 5.74) is -0.353. The quantitative estimate of drug-likeness (QED) is 0.826. The summed E-state index contributed by atoms with van der Waals surface area (Å²) < 4.78 is 0. The van der Waals surface area contributed by atoms with E-state index in [0.29, 0.717) is 0 Å². The third-order valence-electron chi connectivity index (χ3n) is 4.48. The van der Waals surface area contributed by atoms with Gasteiger partial charge in [0.25, 0.3) is 0 Å². The summed E-state index contributed by atoms with van der Waals surface area (Å²) in [6.07, 6.45) is 7.26. The molecule has 2 fully saturated rings. The van der Waals surface area contributed by atoms with Crippen molar-refractivity contribution >= 4 is 30.7 Å². The fourth-order valence-electron chi connectivity index (χ4n) is 3.21. The lowest BCUT2D eigenvalue weighted by Crippen LogP contribution is -2.59. The van der Waals surface area contributed by atoms with Crippen LogP contribution in [0.5, 0.6) is 0 Å². The molecular formula is C15H31Cl2N3O. The first-order valence-electron chi connectivity index (χ1n) is 7.88. The van der Waals surface area contributed by atoms with E-state index in [1.54, 1.807) is 0 Å². The third kappa shape index (κ3) is 6.31. The number of carbonyl (C=O) groups excluding carboxylic acids is 1. The Labute approximate surface area is 141 Å². The van der Waals surface area contributed by atoms with Crippen LogP contribution in [-0.4, -0.2) is 48.6 Å². The van der Waals surface area contributed by atoms with Gasteiger partial charge in [0, 0.05) is 12.6 Å². The Hall–Kier alpha value is -0.0300. The van der Waals surface area contributed by atoms with Gasteiger partial charge >= 0.3 is 0 Å². The van der Waals surface area contributed by atoms with E-state index in [1.807, 2.05) is 6.92 Å². The van der Waals surface area contributed by atoms with Crippen molar-refractivity contribution in [2.45, 2.75) is 64.0 Å².